The molecule has 2 aromatic rings. The minimum atomic E-state index is -0.154. The van der Waals surface area contributed by atoms with E-state index >= 15 is 0 Å². The lowest BCUT2D eigenvalue weighted by Gasteiger charge is -2.19. The maximum atomic E-state index is 14.4. The Morgan fingerprint density at radius 1 is 1.19 bits per heavy atom. The molecule has 0 amide bonds. The van der Waals surface area contributed by atoms with Crippen molar-refractivity contribution >= 4 is 27.3 Å². The van der Waals surface area contributed by atoms with Crippen LogP contribution in [0.5, 0.6) is 0 Å². The molecule has 1 aromatic carbocycles. The van der Waals surface area contributed by atoms with Crippen LogP contribution in [0.1, 0.15) is 41.6 Å². The maximum Gasteiger partial charge on any atom is 0.142 e. The van der Waals surface area contributed by atoms with Crippen LogP contribution in [0.2, 0.25) is 0 Å². The summed E-state index contributed by atoms with van der Waals surface area (Å²) in [5.74, 6) is -0.154. The number of rotatable bonds is 7. The summed E-state index contributed by atoms with van der Waals surface area (Å²) in [6.07, 6.45) is 2.93. The molecule has 1 aromatic heterocycles. The van der Waals surface area contributed by atoms with Gasteiger partial charge in [-0.05, 0) is 53.5 Å². The van der Waals surface area contributed by atoms with Crippen molar-refractivity contribution in [2.75, 3.05) is 6.54 Å². The predicted octanol–water partition coefficient (Wildman–Crippen LogP) is 5.50. The van der Waals surface area contributed by atoms with E-state index in [1.807, 2.05) is 23.5 Å². The van der Waals surface area contributed by atoms with Gasteiger partial charge in [0.05, 0.1) is 4.47 Å². The highest BCUT2D eigenvalue weighted by Gasteiger charge is 2.18. The molecular formula is C17H21BrFNS. The van der Waals surface area contributed by atoms with Gasteiger partial charge in [-0.2, -0.15) is 0 Å². The number of thiophene rings is 1. The second kappa shape index (κ2) is 8.06. The Labute approximate surface area is 138 Å². The van der Waals surface area contributed by atoms with Crippen LogP contribution in [0, 0.1) is 5.82 Å². The molecule has 1 atom stereocenters. The highest BCUT2D eigenvalue weighted by molar-refractivity contribution is 9.10. The van der Waals surface area contributed by atoms with Gasteiger partial charge < -0.3 is 5.32 Å². The molecule has 0 radical (unpaired) electrons. The number of hydrogen-bond acceptors (Lipinski definition) is 2. The van der Waals surface area contributed by atoms with E-state index in [-0.39, 0.29) is 11.9 Å². The Balaban J connectivity index is 2.23. The van der Waals surface area contributed by atoms with E-state index in [2.05, 4.69) is 47.2 Å². The lowest BCUT2D eigenvalue weighted by Crippen LogP contribution is -2.24. The van der Waals surface area contributed by atoms with Crippen molar-refractivity contribution in [3.63, 3.8) is 0 Å². The van der Waals surface area contributed by atoms with Gasteiger partial charge in [-0.25, -0.2) is 4.39 Å². The molecule has 2 rings (SSSR count). The molecule has 0 aliphatic heterocycles. The Bertz CT molecular complexity index is 582. The van der Waals surface area contributed by atoms with Gasteiger partial charge in [-0.3, -0.25) is 0 Å². The minimum absolute atomic E-state index is 0.0193. The molecule has 1 nitrogen and oxygen atoms in total. The molecule has 1 unspecified atom stereocenters. The predicted molar refractivity (Wildman–Crippen MR) is 92.5 cm³/mol. The summed E-state index contributed by atoms with van der Waals surface area (Å²) in [7, 11) is 0. The number of benzene rings is 1. The minimum Gasteiger partial charge on any atom is -0.310 e. The van der Waals surface area contributed by atoms with Crippen LogP contribution in [0.25, 0.3) is 0 Å². The van der Waals surface area contributed by atoms with Crippen LogP contribution in [-0.2, 0) is 12.8 Å². The van der Waals surface area contributed by atoms with Gasteiger partial charge in [0.2, 0.25) is 0 Å². The summed E-state index contributed by atoms with van der Waals surface area (Å²) in [4.78, 5) is 2.69. The van der Waals surface area contributed by atoms with Gasteiger partial charge in [0.25, 0.3) is 0 Å². The van der Waals surface area contributed by atoms with Gasteiger partial charge >= 0.3 is 0 Å². The molecule has 0 aliphatic carbocycles. The zero-order valence-corrected chi connectivity index (χ0v) is 14.9. The molecule has 0 fully saturated rings. The van der Waals surface area contributed by atoms with E-state index in [4.69, 9.17) is 0 Å². The zero-order valence-electron chi connectivity index (χ0n) is 12.5. The van der Waals surface area contributed by atoms with Crippen molar-refractivity contribution in [1.82, 2.24) is 5.32 Å². The molecule has 21 heavy (non-hydrogen) atoms. The molecule has 114 valence electrons. The van der Waals surface area contributed by atoms with E-state index in [9.17, 15) is 4.39 Å². The standard InChI is InChI=1S/C17H21BrFNS/c1-3-10-20-16(11-13-9-8-12(4-2)21-13)14-6-5-7-15(18)17(14)19/h5-9,16,20H,3-4,10-11H2,1-2H3. The summed E-state index contributed by atoms with van der Waals surface area (Å²) in [5.41, 5.74) is 0.740. The van der Waals surface area contributed by atoms with Gasteiger partial charge in [-0.1, -0.05) is 26.0 Å². The van der Waals surface area contributed by atoms with Crippen molar-refractivity contribution in [3.05, 3.63) is 55.9 Å². The van der Waals surface area contributed by atoms with Crippen LogP contribution < -0.4 is 5.32 Å². The maximum absolute atomic E-state index is 14.4. The largest absolute Gasteiger partial charge is 0.310 e. The smallest absolute Gasteiger partial charge is 0.142 e. The molecule has 1 N–H and O–H groups in total. The Kier molecular flexibility index (Phi) is 6.40. The molecule has 0 saturated heterocycles. The summed E-state index contributed by atoms with van der Waals surface area (Å²) in [6.45, 7) is 5.18. The lowest BCUT2D eigenvalue weighted by atomic mass is 10.0. The Hall–Kier alpha value is -0.710. The third kappa shape index (κ3) is 4.38. The Morgan fingerprint density at radius 3 is 2.62 bits per heavy atom. The summed E-state index contributed by atoms with van der Waals surface area (Å²) < 4.78 is 14.9. The normalized spacial score (nSPS) is 12.6. The second-order valence-electron chi connectivity index (χ2n) is 5.08. The first-order chi connectivity index (χ1) is 10.2. The number of hydrogen-bond donors (Lipinski definition) is 1. The van der Waals surface area contributed by atoms with Crippen molar-refractivity contribution < 1.29 is 4.39 Å². The first kappa shape index (κ1) is 16.7. The average Bonchev–Trinajstić information content (AvgIpc) is 2.94. The van der Waals surface area contributed by atoms with E-state index in [1.165, 1.54) is 9.75 Å². The fourth-order valence-electron chi connectivity index (χ4n) is 2.32. The van der Waals surface area contributed by atoms with Crippen molar-refractivity contribution in [1.29, 1.82) is 0 Å². The van der Waals surface area contributed by atoms with E-state index in [1.54, 1.807) is 6.07 Å². The van der Waals surface area contributed by atoms with Gasteiger partial charge in [0.15, 0.2) is 0 Å². The first-order valence-electron chi connectivity index (χ1n) is 7.40. The van der Waals surface area contributed by atoms with E-state index in [0.29, 0.717) is 4.47 Å². The van der Waals surface area contributed by atoms with Crippen molar-refractivity contribution in [3.8, 4) is 0 Å². The van der Waals surface area contributed by atoms with E-state index < -0.39 is 0 Å². The average molecular weight is 370 g/mol. The molecule has 4 heteroatoms. The lowest BCUT2D eigenvalue weighted by molar-refractivity contribution is 0.497. The fourth-order valence-corrected chi connectivity index (χ4v) is 3.71. The fraction of sp³-hybridized carbons (Fsp3) is 0.412. The Morgan fingerprint density at radius 2 is 1.95 bits per heavy atom. The topological polar surface area (TPSA) is 12.0 Å². The SMILES string of the molecule is CCCNC(Cc1ccc(CC)s1)c1cccc(Br)c1F. The molecular weight excluding hydrogens is 349 g/mol. The summed E-state index contributed by atoms with van der Waals surface area (Å²) in [6, 6.07) is 9.88. The molecule has 0 spiro atoms. The van der Waals surface area contributed by atoms with Crippen LogP contribution >= 0.6 is 27.3 Å². The molecule has 1 heterocycles. The van der Waals surface area contributed by atoms with Crippen LogP contribution in [0.4, 0.5) is 4.39 Å². The number of nitrogens with one attached hydrogen (secondary N) is 1. The van der Waals surface area contributed by atoms with Gasteiger partial charge in [0.1, 0.15) is 5.82 Å². The van der Waals surface area contributed by atoms with E-state index in [0.717, 1.165) is 31.4 Å². The zero-order chi connectivity index (χ0) is 15.2. The van der Waals surface area contributed by atoms with Gasteiger partial charge in [-0.15, -0.1) is 11.3 Å². The highest BCUT2D eigenvalue weighted by atomic mass is 79.9. The number of halogens is 2. The third-order valence-electron chi connectivity index (χ3n) is 3.47. The van der Waals surface area contributed by atoms with Crippen LogP contribution in [0.3, 0.4) is 0 Å². The monoisotopic (exact) mass is 369 g/mol. The number of aryl methyl sites for hydroxylation is 1. The molecule has 0 saturated carbocycles. The highest BCUT2D eigenvalue weighted by Crippen LogP contribution is 2.28. The van der Waals surface area contributed by atoms with Crippen molar-refractivity contribution in [2.24, 2.45) is 0 Å². The summed E-state index contributed by atoms with van der Waals surface area (Å²) in [5, 5.41) is 3.48. The van der Waals surface area contributed by atoms with Crippen LogP contribution in [-0.4, -0.2) is 6.54 Å². The first-order valence-corrected chi connectivity index (χ1v) is 9.01. The summed E-state index contributed by atoms with van der Waals surface area (Å²) >= 11 is 5.11. The third-order valence-corrected chi connectivity index (χ3v) is 5.33. The van der Waals surface area contributed by atoms with Gasteiger partial charge in [0, 0.05) is 27.8 Å². The molecule has 0 aliphatic rings. The van der Waals surface area contributed by atoms with Crippen molar-refractivity contribution in [2.45, 2.75) is 39.2 Å². The van der Waals surface area contributed by atoms with Crippen LogP contribution in [0.15, 0.2) is 34.8 Å². The molecule has 0 bridgehead atoms. The quantitative estimate of drug-likeness (QED) is 0.679. The second-order valence-corrected chi connectivity index (χ2v) is 7.18.